The molecule has 0 spiro atoms. The maximum Gasteiger partial charge on any atom is 0.244 e. The molecule has 0 aliphatic carbocycles. The summed E-state index contributed by atoms with van der Waals surface area (Å²) in [4.78, 5) is 12.6. The Labute approximate surface area is 183 Å². The molecule has 2 N–H and O–H groups in total. The van der Waals surface area contributed by atoms with Gasteiger partial charge < -0.3 is 5.73 Å². The van der Waals surface area contributed by atoms with Crippen molar-refractivity contribution in [3.05, 3.63) is 155 Å². The molecule has 0 fully saturated rings. The van der Waals surface area contributed by atoms with Crippen molar-refractivity contribution in [1.82, 2.24) is 0 Å². The normalized spacial score (nSPS) is 11.8. The van der Waals surface area contributed by atoms with Crippen LogP contribution in [-0.4, -0.2) is 5.91 Å². The second-order valence-corrected chi connectivity index (χ2v) is 7.60. The highest BCUT2D eigenvalue weighted by Gasteiger charge is 2.35. The molecule has 31 heavy (non-hydrogen) atoms. The van der Waals surface area contributed by atoms with E-state index in [4.69, 9.17) is 5.73 Å². The highest BCUT2D eigenvalue weighted by molar-refractivity contribution is 5.93. The first-order valence-corrected chi connectivity index (χ1v) is 10.4. The van der Waals surface area contributed by atoms with Gasteiger partial charge in [0.2, 0.25) is 5.91 Å². The maximum atomic E-state index is 12.6. The Kier molecular flexibility index (Phi) is 6.09. The molecule has 4 aromatic carbocycles. The van der Waals surface area contributed by atoms with Crippen molar-refractivity contribution in [3.63, 3.8) is 0 Å². The molecule has 0 bridgehead atoms. The number of carbonyl (C=O) groups is 1. The van der Waals surface area contributed by atoms with E-state index in [9.17, 15) is 4.79 Å². The zero-order chi connectivity index (χ0) is 21.5. The fraction of sp³-hybridized carbons (Fsp3) is 0.0690. The third-order valence-electron chi connectivity index (χ3n) is 5.63. The van der Waals surface area contributed by atoms with Gasteiger partial charge in [0.15, 0.2) is 0 Å². The molecular weight excluding hydrogens is 378 g/mol. The lowest BCUT2D eigenvalue weighted by molar-refractivity contribution is -0.114. The van der Waals surface area contributed by atoms with E-state index in [-0.39, 0.29) is 0 Å². The molecule has 152 valence electrons. The van der Waals surface area contributed by atoms with Crippen molar-refractivity contribution in [1.29, 1.82) is 0 Å². The van der Waals surface area contributed by atoms with Crippen LogP contribution in [0.25, 0.3) is 0 Å². The van der Waals surface area contributed by atoms with Crippen LogP contribution >= 0.6 is 0 Å². The van der Waals surface area contributed by atoms with Crippen LogP contribution in [0, 0.1) is 0 Å². The van der Waals surface area contributed by atoms with E-state index in [0.29, 0.717) is 12.0 Å². The first kappa shape index (κ1) is 20.4. The molecule has 0 aromatic heterocycles. The van der Waals surface area contributed by atoms with Gasteiger partial charge in [-0.3, -0.25) is 4.79 Å². The van der Waals surface area contributed by atoms with Gasteiger partial charge in [0.05, 0.1) is 5.41 Å². The third kappa shape index (κ3) is 4.34. The fourth-order valence-electron chi connectivity index (χ4n) is 4.14. The minimum atomic E-state index is -0.650. The quantitative estimate of drug-likeness (QED) is 0.313. The topological polar surface area (TPSA) is 43.1 Å². The average molecular weight is 404 g/mol. The standard InChI is InChI=1S/C29H25NO/c30-28(31)24(21-23-13-5-1-6-14-23)22-29(25-15-7-2-8-16-25,26-17-9-3-10-18-26)27-19-11-4-12-20-27/h1-20,22H,21H2,(H2,30,31)/b24-22-. The molecule has 2 nitrogen and oxygen atoms in total. The van der Waals surface area contributed by atoms with Gasteiger partial charge in [-0.25, -0.2) is 0 Å². The number of allylic oxidation sites excluding steroid dienone is 1. The minimum absolute atomic E-state index is 0.406. The van der Waals surface area contributed by atoms with Gasteiger partial charge in [-0.05, 0) is 22.3 Å². The fourth-order valence-corrected chi connectivity index (χ4v) is 4.14. The van der Waals surface area contributed by atoms with E-state index < -0.39 is 11.3 Å². The van der Waals surface area contributed by atoms with E-state index >= 15 is 0 Å². The molecule has 0 unspecified atom stereocenters. The highest BCUT2D eigenvalue weighted by atomic mass is 16.1. The predicted molar refractivity (Wildman–Crippen MR) is 127 cm³/mol. The monoisotopic (exact) mass is 403 g/mol. The molecule has 0 radical (unpaired) electrons. The summed E-state index contributed by atoms with van der Waals surface area (Å²) in [7, 11) is 0. The molecule has 4 rings (SSSR count). The Bertz CT molecular complexity index is 1050. The smallest absolute Gasteiger partial charge is 0.244 e. The SMILES string of the molecule is NC(=O)/C(=C\C(c1ccccc1)(c1ccccc1)c1ccccc1)Cc1ccccc1. The van der Waals surface area contributed by atoms with Crippen molar-refractivity contribution >= 4 is 5.91 Å². The summed E-state index contributed by atoms with van der Waals surface area (Å²) >= 11 is 0. The number of nitrogens with two attached hydrogens (primary N) is 1. The number of hydrogen-bond donors (Lipinski definition) is 1. The summed E-state index contributed by atoms with van der Waals surface area (Å²) in [6, 6.07) is 40.8. The number of rotatable bonds is 7. The van der Waals surface area contributed by atoms with Crippen LogP contribution < -0.4 is 5.73 Å². The van der Waals surface area contributed by atoms with Gasteiger partial charge in [-0.2, -0.15) is 0 Å². The Morgan fingerprint density at radius 2 is 0.968 bits per heavy atom. The molecule has 0 aliphatic rings. The van der Waals surface area contributed by atoms with Gasteiger partial charge in [0.1, 0.15) is 0 Å². The summed E-state index contributed by atoms with van der Waals surface area (Å²) in [6.07, 6.45) is 2.53. The Morgan fingerprint density at radius 1 is 0.613 bits per heavy atom. The maximum absolute atomic E-state index is 12.6. The van der Waals surface area contributed by atoms with Crippen LogP contribution in [0.2, 0.25) is 0 Å². The number of carbonyl (C=O) groups excluding carboxylic acids is 1. The molecule has 0 saturated carbocycles. The zero-order valence-corrected chi connectivity index (χ0v) is 17.3. The number of amides is 1. The van der Waals surface area contributed by atoms with Crippen molar-refractivity contribution < 1.29 is 4.79 Å². The average Bonchev–Trinajstić information content (AvgIpc) is 2.84. The lowest BCUT2D eigenvalue weighted by atomic mass is 9.68. The van der Waals surface area contributed by atoms with Crippen molar-refractivity contribution in [2.45, 2.75) is 11.8 Å². The van der Waals surface area contributed by atoms with Crippen LogP contribution in [0.15, 0.2) is 133 Å². The van der Waals surface area contributed by atoms with E-state index in [2.05, 4.69) is 42.5 Å². The number of primary amides is 1. The Balaban J connectivity index is 2.01. The Morgan fingerprint density at radius 3 is 1.32 bits per heavy atom. The lowest BCUT2D eigenvalue weighted by Crippen LogP contribution is -2.30. The molecule has 4 aromatic rings. The molecule has 0 saturated heterocycles. The largest absolute Gasteiger partial charge is 0.366 e. The van der Waals surface area contributed by atoms with E-state index in [1.54, 1.807) is 0 Å². The van der Waals surface area contributed by atoms with Gasteiger partial charge in [-0.1, -0.05) is 127 Å². The predicted octanol–water partition coefficient (Wildman–Crippen LogP) is 5.68. The number of benzene rings is 4. The lowest BCUT2D eigenvalue weighted by Gasteiger charge is -2.34. The van der Waals surface area contributed by atoms with Crippen LogP contribution in [0.3, 0.4) is 0 Å². The molecular formula is C29H25NO. The zero-order valence-electron chi connectivity index (χ0n) is 17.3. The van der Waals surface area contributed by atoms with E-state index in [1.807, 2.05) is 84.9 Å². The van der Waals surface area contributed by atoms with Crippen LogP contribution in [0.5, 0.6) is 0 Å². The van der Waals surface area contributed by atoms with Crippen LogP contribution in [0.1, 0.15) is 22.3 Å². The highest BCUT2D eigenvalue weighted by Crippen LogP contribution is 2.41. The van der Waals surface area contributed by atoms with E-state index in [0.717, 1.165) is 22.3 Å². The minimum Gasteiger partial charge on any atom is -0.366 e. The number of hydrogen-bond acceptors (Lipinski definition) is 1. The van der Waals surface area contributed by atoms with Crippen LogP contribution in [-0.2, 0) is 16.6 Å². The van der Waals surface area contributed by atoms with E-state index in [1.165, 1.54) is 0 Å². The molecule has 0 heterocycles. The molecule has 0 atom stereocenters. The molecule has 2 heteroatoms. The molecule has 1 amide bonds. The first-order valence-electron chi connectivity index (χ1n) is 10.4. The third-order valence-corrected chi connectivity index (χ3v) is 5.63. The summed E-state index contributed by atoms with van der Waals surface area (Å²) in [5.74, 6) is -0.406. The van der Waals surface area contributed by atoms with Crippen molar-refractivity contribution in [2.24, 2.45) is 5.73 Å². The van der Waals surface area contributed by atoms with Gasteiger partial charge >= 0.3 is 0 Å². The van der Waals surface area contributed by atoms with Crippen molar-refractivity contribution in [3.8, 4) is 0 Å². The van der Waals surface area contributed by atoms with Gasteiger partial charge in [0.25, 0.3) is 0 Å². The Hall–Kier alpha value is -3.91. The molecule has 0 aliphatic heterocycles. The summed E-state index contributed by atoms with van der Waals surface area (Å²) < 4.78 is 0. The van der Waals surface area contributed by atoms with Gasteiger partial charge in [-0.15, -0.1) is 0 Å². The second kappa shape index (κ2) is 9.27. The second-order valence-electron chi connectivity index (χ2n) is 7.60. The van der Waals surface area contributed by atoms with Crippen molar-refractivity contribution in [2.75, 3.05) is 0 Å². The van der Waals surface area contributed by atoms with Crippen LogP contribution in [0.4, 0.5) is 0 Å². The van der Waals surface area contributed by atoms with Gasteiger partial charge in [0, 0.05) is 12.0 Å². The summed E-state index contributed by atoms with van der Waals surface area (Å²) in [6.45, 7) is 0. The summed E-state index contributed by atoms with van der Waals surface area (Å²) in [5, 5.41) is 0. The first-order chi connectivity index (χ1) is 15.2. The summed E-state index contributed by atoms with van der Waals surface area (Å²) in [5.41, 5.74) is 10.2.